The van der Waals surface area contributed by atoms with Gasteiger partial charge in [-0.2, -0.15) is 10.1 Å². The molecule has 0 spiro atoms. The molecule has 0 bridgehead atoms. The predicted molar refractivity (Wildman–Crippen MR) is 108 cm³/mol. The van der Waals surface area contributed by atoms with Crippen LogP contribution >= 0.6 is 11.3 Å². The third-order valence-electron chi connectivity index (χ3n) is 4.81. The van der Waals surface area contributed by atoms with Crippen molar-refractivity contribution in [2.45, 2.75) is 32.7 Å². The summed E-state index contributed by atoms with van der Waals surface area (Å²) in [7, 11) is 0. The molecule has 4 aromatic rings. The van der Waals surface area contributed by atoms with Crippen LogP contribution in [0.1, 0.15) is 33.9 Å². The Balaban J connectivity index is 1.19. The van der Waals surface area contributed by atoms with Gasteiger partial charge in [-0.05, 0) is 26.3 Å². The van der Waals surface area contributed by atoms with Gasteiger partial charge >= 0.3 is 0 Å². The molecule has 5 rings (SSSR count). The van der Waals surface area contributed by atoms with Gasteiger partial charge in [-0.15, -0.1) is 10.2 Å². The Bertz CT molecular complexity index is 1120. The van der Waals surface area contributed by atoms with E-state index in [1.165, 1.54) is 0 Å². The maximum atomic E-state index is 5.97. The molecule has 2 unspecified atom stereocenters. The van der Waals surface area contributed by atoms with Gasteiger partial charge in [0.1, 0.15) is 21.7 Å². The largest absolute Gasteiger partial charge is 0.477 e. The van der Waals surface area contributed by atoms with E-state index in [4.69, 9.17) is 4.74 Å². The highest BCUT2D eigenvalue weighted by atomic mass is 32.1. The van der Waals surface area contributed by atoms with Crippen molar-refractivity contribution < 1.29 is 4.74 Å². The summed E-state index contributed by atoms with van der Waals surface area (Å²) < 4.78 is 7.78. The summed E-state index contributed by atoms with van der Waals surface area (Å²) in [4.78, 5) is 13.1. The fraction of sp³-hybridized carbons (Fsp3) is 0.368. The fourth-order valence-electron chi connectivity index (χ4n) is 3.30. The smallest absolute Gasteiger partial charge is 0.218 e. The number of hydrogen-bond donors (Lipinski definition) is 1. The second-order valence-corrected chi connectivity index (χ2v) is 8.38. The van der Waals surface area contributed by atoms with Gasteiger partial charge in [0.05, 0.1) is 18.8 Å². The van der Waals surface area contributed by atoms with E-state index in [1.54, 1.807) is 17.5 Å². The number of hydrogen-bond acceptors (Lipinski definition) is 9. The Morgan fingerprint density at radius 1 is 1.24 bits per heavy atom. The lowest BCUT2D eigenvalue weighted by Gasteiger charge is -2.09. The minimum atomic E-state index is 0.415. The fourth-order valence-corrected chi connectivity index (χ4v) is 3.94. The second-order valence-electron chi connectivity index (χ2n) is 7.11. The molecule has 148 valence electrons. The molecular weight excluding hydrogens is 388 g/mol. The van der Waals surface area contributed by atoms with Crippen LogP contribution in [0.15, 0.2) is 30.6 Å². The van der Waals surface area contributed by atoms with Crippen molar-refractivity contribution in [2.24, 2.45) is 5.92 Å². The molecule has 10 heteroatoms. The van der Waals surface area contributed by atoms with Crippen LogP contribution in [0.25, 0.3) is 5.65 Å². The van der Waals surface area contributed by atoms with E-state index in [-0.39, 0.29) is 0 Å². The van der Waals surface area contributed by atoms with Gasteiger partial charge in [-0.25, -0.2) is 14.5 Å². The number of fused-ring (bicyclic) bond motifs is 1. The second kappa shape index (κ2) is 7.36. The van der Waals surface area contributed by atoms with Crippen LogP contribution in [-0.2, 0) is 6.54 Å². The first-order chi connectivity index (χ1) is 14.1. The molecular formula is C19H20N8OS. The number of nitrogens with one attached hydrogen (secondary N) is 1. The number of anilines is 1. The van der Waals surface area contributed by atoms with Gasteiger partial charge in [0.15, 0.2) is 5.65 Å². The Morgan fingerprint density at radius 2 is 2.17 bits per heavy atom. The normalized spacial score (nSPS) is 18.1. The van der Waals surface area contributed by atoms with Crippen LogP contribution in [0.4, 0.5) is 5.82 Å². The van der Waals surface area contributed by atoms with Crippen LogP contribution in [0.5, 0.6) is 5.88 Å². The molecule has 0 radical (unpaired) electrons. The van der Waals surface area contributed by atoms with Crippen LogP contribution in [0, 0.1) is 19.8 Å². The third-order valence-corrected chi connectivity index (χ3v) is 5.64. The van der Waals surface area contributed by atoms with Crippen molar-refractivity contribution in [3.63, 3.8) is 0 Å². The van der Waals surface area contributed by atoms with Crippen molar-refractivity contribution in [1.29, 1.82) is 0 Å². The lowest BCUT2D eigenvalue weighted by Crippen LogP contribution is -2.07. The summed E-state index contributed by atoms with van der Waals surface area (Å²) >= 11 is 1.57. The predicted octanol–water partition coefficient (Wildman–Crippen LogP) is 2.78. The summed E-state index contributed by atoms with van der Waals surface area (Å²) in [6.45, 7) is 4.98. The molecule has 29 heavy (non-hydrogen) atoms. The Labute approximate surface area is 171 Å². The molecule has 1 aliphatic carbocycles. The molecule has 0 aromatic carbocycles. The molecule has 1 aliphatic rings. The van der Waals surface area contributed by atoms with Crippen LogP contribution in [-0.4, -0.2) is 41.4 Å². The molecule has 4 heterocycles. The van der Waals surface area contributed by atoms with E-state index in [0.29, 0.717) is 36.7 Å². The van der Waals surface area contributed by atoms with E-state index in [9.17, 15) is 0 Å². The minimum absolute atomic E-state index is 0.415. The number of rotatable bonds is 7. The van der Waals surface area contributed by atoms with Crippen LogP contribution in [0.3, 0.4) is 0 Å². The van der Waals surface area contributed by atoms with Crippen LogP contribution in [0.2, 0.25) is 0 Å². The Hall–Kier alpha value is -3.14. The molecule has 1 saturated carbocycles. The lowest BCUT2D eigenvalue weighted by atomic mass is 10.2. The first-order valence-corrected chi connectivity index (χ1v) is 10.3. The van der Waals surface area contributed by atoms with Crippen molar-refractivity contribution >= 4 is 22.8 Å². The molecule has 4 aromatic heterocycles. The number of nitrogens with zero attached hydrogens (tertiary/aromatic N) is 7. The molecule has 0 aliphatic heterocycles. The number of aryl methyl sites for hydroxylation is 2. The van der Waals surface area contributed by atoms with Gasteiger partial charge in [0.2, 0.25) is 5.88 Å². The monoisotopic (exact) mass is 408 g/mol. The SMILES string of the molecule is Cc1nc(NCc2nnc(C)s2)cc(OCC2CC2c2cc3ncccn3n2)n1. The highest BCUT2D eigenvalue weighted by Crippen LogP contribution is 2.47. The average molecular weight is 408 g/mol. The zero-order chi connectivity index (χ0) is 19.8. The van der Waals surface area contributed by atoms with Crippen molar-refractivity contribution in [3.8, 4) is 5.88 Å². The Kier molecular flexibility index (Phi) is 4.55. The van der Waals surface area contributed by atoms with Gasteiger partial charge in [0, 0.05) is 36.4 Å². The maximum absolute atomic E-state index is 5.97. The molecule has 1 fully saturated rings. The molecule has 0 amide bonds. The van der Waals surface area contributed by atoms with E-state index in [2.05, 4.69) is 41.6 Å². The molecule has 0 saturated heterocycles. The minimum Gasteiger partial charge on any atom is -0.477 e. The Morgan fingerprint density at radius 3 is 3.00 bits per heavy atom. The first kappa shape index (κ1) is 17.9. The van der Waals surface area contributed by atoms with Crippen molar-refractivity contribution in [1.82, 2.24) is 34.8 Å². The zero-order valence-electron chi connectivity index (χ0n) is 16.1. The molecule has 2 atom stereocenters. The summed E-state index contributed by atoms with van der Waals surface area (Å²) in [5.41, 5.74) is 1.95. The maximum Gasteiger partial charge on any atom is 0.218 e. The molecule has 9 nitrogen and oxygen atoms in total. The zero-order valence-corrected chi connectivity index (χ0v) is 16.9. The summed E-state index contributed by atoms with van der Waals surface area (Å²) in [6.07, 6.45) is 4.76. The van der Waals surface area contributed by atoms with Gasteiger partial charge in [0.25, 0.3) is 0 Å². The van der Waals surface area contributed by atoms with Gasteiger partial charge < -0.3 is 10.1 Å². The third kappa shape index (κ3) is 4.02. The van der Waals surface area contributed by atoms with Crippen molar-refractivity contribution in [3.05, 3.63) is 52.1 Å². The summed E-state index contributed by atoms with van der Waals surface area (Å²) in [6, 6.07) is 5.76. The first-order valence-electron chi connectivity index (χ1n) is 9.46. The average Bonchev–Trinajstić information content (AvgIpc) is 3.15. The summed E-state index contributed by atoms with van der Waals surface area (Å²) in [5, 5.41) is 17.9. The van der Waals surface area contributed by atoms with E-state index >= 15 is 0 Å². The van der Waals surface area contributed by atoms with E-state index in [1.807, 2.05) is 36.7 Å². The highest BCUT2D eigenvalue weighted by Gasteiger charge is 2.41. The standard InChI is InChI=1S/C19H20N8OS/c1-11-22-16(21-9-19-25-24-12(2)29-19)8-18(23-11)28-10-13-6-14(13)15-7-17-20-4-3-5-27(17)26-15/h3-5,7-8,13-14H,6,9-10H2,1-2H3,(H,21,22,23). The molecule has 1 N–H and O–H groups in total. The van der Waals surface area contributed by atoms with Crippen molar-refractivity contribution in [2.75, 3.05) is 11.9 Å². The summed E-state index contributed by atoms with van der Waals surface area (Å²) in [5.74, 6) is 2.82. The van der Waals surface area contributed by atoms with Gasteiger partial charge in [-0.3, -0.25) is 0 Å². The number of aromatic nitrogens is 7. The highest BCUT2D eigenvalue weighted by molar-refractivity contribution is 7.11. The van der Waals surface area contributed by atoms with Gasteiger partial charge in [-0.1, -0.05) is 11.3 Å². The quantitative estimate of drug-likeness (QED) is 0.498. The van der Waals surface area contributed by atoms with E-state index in [0.717, 1.165) is 33.6 Å². The van der Waals surface area contributed by atoms with E-state index < -0.39 is 0 Å². The number of ether oxygens (including phenoxy) is 1. The van der Waals surface area contributed by atoms with Crippen LogP contribution < -0.4 is 10.1 Å². The topological polar surface area (TPSA) is 103 Å². The lowest BCUT2D eigenvalue weighted by molar-refractivity contribution is 0.284.